The molecule has 0 fully saturated rings. The van der Waals surface area contributed by atoms with E-state index in [4.69, 9.17) is 0 Å². The first-order valence-electron chi connectivity index (χ1n) is 10.4. The van der Waals surface area contributed by atoms with Gasteiger partial charge in [-0.1, -0.05) is 37.3 Å². The fourth-order valence-corrected chi connectivity index (χ4v) is 5.24. The molecule has 0 radical (unpaired) electrons. The second kappa shape index (κ2) is 9.01. The van der Waals surface area contributed by atoms with E-state index in [1.165, 1.54) is 29.7 Å². The number of amides is 1. The summed E-state index contributed by atoms with van der Waals surface area (Å²) in [6, 6.07) is 14.2. The highest BCUT2D eigenvalue weighted by Crippen LogP contribution is 2.28. The maximum atomic E-state index is 13.2. The summed E-state index contributed by atoms with van der Waals surface area (Å²) in [7, 11) is -0.500. The topological polar surface area (TPSA) is 92.3 Å². The lowest BCUT2D eigenvalue weighted by Gasteiger charge is -2.13. The highest BCUT2D eigenvalue weighted by molar-refractivity contribution is 7.89. The number of nitrogens with zero attached hydrogens (tertiary/aromatic N) is 3. The van der Waals surface area contributed by atoms with Crippen LogP contribution in [0, 0.1) is 6.92 Å². The Morgan fingerprint density at radius 3 is 2.42 bits per heavy atom. The second-order valence-corrected chi connectivity index (χ2v) is 10.7. The van der Waals surface area contributed by atoms with Crippen molar-refractivity contribution in [1.82, 2.24) is 14.3 Å². The van der Waals surface area contributed by atoms with E-state index in [9.17, 15) is 13.2 Å². The van der Waals surface area contributed by atoms with E-state index in [2.05, 4.69) is 15.3 Å². The lowest BCUT2D eigenvalue weighted by molar-refractivity contribution is 0.102. The standard InChI is InChI=1S/C24H24N4O3S2/c1-5-19-15(2)22(18-8-6-7-9-20(18)25-19)23(29)27-24-26-21(14-32-24)16-10-12-17(13-11-16)33(30,31)28(3)4/h6-14H,5H2,1-4H3,(H,26,27,29). The predicted octanol–water partition coefficient (Wildman–Crippen LogP) is 4.73. The highest BCUT2D eigenvalue weighted by Gasteiger charge is 2.19. The van der Waals surface area contributed by atoms with Crippen LogP contribution in [0.2, 0.25) is 0 Å². The molecule has 0 saturated carbocycles. The van der Waals surface area contributed by atoms with Gasteiger partial charge in [-0.25, -0.2) is 17.7 Å². The summed E-state index contributed by atoms with van der Waals surface area (Å²) in [6.45, 7) is 3.94. The van der Waals surface area contributed by atoms with E-state index in [-0.39, 0.29) is 10.8 Å². The van der Waals surface area contributed by atoms with E-state index >= 15 is 0 Å². The molecule has 0 spiro atoms. The van der Waals surface area contributed by atoms with E-state index in [0.29, 0.717) is 16.4 Å². The molecule has 1 N–H and O–H groups in total. The molecule has 2 heterocycles. The normalized spacial score (nSPS) is 11.8. The van der Waals surface area contributed by atoms with Gasteiger partial charge in [-0.3, -0.25) is 15.1 Å². The van der Waals surface area contributed by atoms with Gasteiger partial charge in [0.1, 0.15) is 0 Å². The smallest absolute Gasteiger partial charge is 0.258 e. The number of benzene rings is 2. The van der Waals surface area contributed by atoms with Crippen LogP contribution in [0.25, 0.3) is 22.2 Å². The van der Waals surface area contributed by atoms with Gasteiger partial charge in [0.2, 0.25) is 10.0 Å². The van der Waals surface area contributed by atoms with Crippen LogP contribution in [0.1, 0.15) is 28.5 Å². The molecule has 170 valence electrons. The molecule has 33 heavy (non-hydrogen) atoms. The van der Waals surface area contributed by atoms with Crippen LogP contribution in [0.3, 0.4) is 0 Å². The second-order valence-electron chi connectivity index (χ2n) is 7.73. The van der Waals surface area contributed by atoms with Gasteiger partial charge in [0.15, 0.2) is 5.13 Å². The Labute approximate surface area is 197 Å². The number of rotatable bonds is 6. The Morgan fingerprint density at radius 1 is 1.06 bits per heavy atom. The number of nitrogens with one attached hydrogen (secondary N) is 1. The molecule has 9 heteroatoms. The molecule has 0 aliphatic heterocycles. The summed E-state index contributed by atoms with van der Waals surface area (Å²) in [4.78, 5) is 22.7. The fraction of sp³-hybridized carbons (Fsp3) is 0.208. The van der Waals surface area contributed by atoms with Crippen LogP contribution in [0.5, 0.6) is 0 Å². The number of carbonyl (C=O) groups is 1. The van der Waals surface area contributed by atoms with Gasteiger partial charge in [-0.15, -0.1) is 11.3 Å². The van der Waals surface area contributed by atoms with Crippen LogP contribution in [-0.4, -0.2) is 42.7 Å². The molecule has 0 atom stereocenters. The van der Waals surface area contributed by atoms with E-state index in [0.717, 1.165) is 34.1 Å². The van der Waals surface area contributed by atoms with Crippen LogP contribution in [-0.2, 0) is 16.4 Å². The monoisotopic (exact) mass is 480 g/mol. The third-order valence-corrected chi connectivity index (χ3v) is 8.04. The number of aryl methyl sites for hydroxylation is 1. The molecule has 2 aromatic heterocycles. The third-order valence-electron chi connectivity index (χ3n) is 5.45. The van der Waals surface area contributed by atoms with Crippen LogP contribution >= 0.6 is 11.3 Å². The van der Waals surface area contributed by atoms with Gasteiger partial charge < -0.3 is 0 Å². The SMILES string of the molecule is CCc1nc2ccccc2c(C(=O)Nc2nc(-c3ccc(S(=O)(=O)N(C)C)cc3)cs2)c1C. The molecule has 4 aromatic rings. The van der Waals surface area contributed by atoms with Crippen LogP contribution in [0.15, 0.2) is 58.8 Å². The van der Waals surface area contributed by atoms with Crippen molar-refractivity contribution in [2.45, 2.75) is 25.2 Å². The molecule has 1 amide bonds. The van der Waals surface area contributed by atoms with Gasteiger partial charge in [0, 0.05) is 36.1 Å². The largest absolute Gasteiger partial charge is 0.298 e. The average Bonchev–Trinajstić information content (AvgIpc) is 3.26. The number of pyridine rings is 1. The Bertz CT molecular complexity index is 1440. The summed E-state index contributed by atoms with van der Waals surface area (Å²) in [5.74, 6) is -0.228. The Morgan fingerprint density at radius 2 is 1.76 bits per heavy atom. The first kappa shape index (κ1) is 23.0. The Balaban J connectivity index is 1.61. The maximum absolute atomic E-state index is 13.2. The van der Waals surface area contributed by atoms with E-state index in [1.807, 2.05) is 43.5 Å². The number of sulfonamides is 1. The predicted molar refractivity (Wildman–Crippen MR) is 132 cm³/mol. The first-order chi connectivity index (χ1) is 15.7. The molecule has 7 nitrogen and oxygen atoms in total. The lowest BCUT2D eigenvalue weighted by atomic mass is 9.99. The van der Waals surface area contributed by atoms with Crippen LogP contribution in [0.4, 0.5) is 5.13 Å². The third kappa shape index (κ3) is 4.39. The number of hydrogen-bond donors (Lipinski definition) is 1. The number of thiazole rings is 1. The van der Waals surface area contributed by atoms with Crippen molar-refractivity contribution in [1.29, 1.82) is 0 Å². The van der Waals surface area contributed by atoms with Crippen molar-refractivity contribution in [2.75, 3.05) is 19.4 Å². The Hall–Kier alpha value is -3.14. The summed E-state index contributed by atoms with van der Waals surface area (Å²) in [6.07, 6.45) is 0.734. The average molecular weight is 481 g/mol. The molecule has 0 saturated heterocycles. The number of anilines is 1. The summed E-state index contributed by atoms with van der Waals surface area (Å²) >= 11 is 1.32. The first-order valence-corrected chi connectivity index (χ1v) is 12.7. The fourth-order valence-electron chi connectivity index (χ4n) is 3.63. The number of carbonyl (C=O) groups excluding carboxylic acids is 1. The Kier molecular flexibility index (Phi) is 6.29. The number of aromatic nitrogens is 2. The van der Waals surface area contributed by atoms with Crippen molar-refractivity contribution < 1.29 is 13.2 Å². The molecule has 0 aliphatic carbocycles. The number of hydrogen-bond acceptors (Lipinski definition) is 6. The van der Waals surface area contributed by atoms with Gasteiger partial charge in [0.25, 0.3) is 5.91 Å². The molecule has 0 bridgehead atoms. The molecule has 0 unspecified atom stereocenters. The highest BCUT2D eigenvalue weighted by atomic mass is 32.2. The van der Waals surface area contributed by atoms with E-state index in [1.54, 1.807) is 24.3 Å². The summed E-state index contributed by atoms with van der Waals surface area (Å²) in [5, 5.41) is 6.03. The summed E-state index contributed by atoms with van der Waals surface area (Å²) < 4.78 is 25.7. The molecular weight excluding hydrogens is 456 g/mol. The number of fused-ring (bicyclic) bond motifs is 1. The van der Waals surface area contributed by atoms with Crippen molar-refractivity contribution in [3.63, 3.8) is 0 Å². The van der Waals surface area contributed by atoms with Gasteiger partial charge >= 0.3 is 0 Å². The van der Waals surface area contributed by atoms with Gasteiger partial charge in [0.05, 0.1) is 21.7 Å². The van der Waals surface area contributed by atoms with Crippen LogP contribution < -0.4 is 5.32 Å². The van der Waals surface area contributed by atoms with Crippen molar-refractivity contribution in [3.8, 4) is 11.3 Å². The zero-order valence-corrected chi connectivity index (χ0v) is 20.4. The minimum absolute atomic E-state index is 0.215. The summed E-state index contributed by atoms with van der Waals surface area (Å²) in [5.41, 5.74) is 4.58. The molecule has 4 rings (SSSR count). The van der Waals surface area contributed by atoms with Crippen molar-refractivity contribution in [3.05, 3.63) is 70.7 Å². The van der Waals surface area contributed by atoms with Gasteiger partial charge in [-0.2, -0.15) is 0 Å². The lowest BCUT2D eigenvalue weighted by Crippen LogP contribution is -2.22. The maximum Gasteiger partial charge on any atom is 0.258 e. The number of para-hydroxylation sites is 1. The zero-order valence-electron chi connectivity index (χ0n) is 18.8. The van der Waals surface area contributed by atoms with Crippen molar-refractivity contribution in [2.24, 2.45) is 0 Å². The minimum atomic E-state index is -3.49. The molecular formula is C24H24N4O3S2. The molecule has 0 aliphatic rings. The quantitative estimate of drug-likeness (QED) is 0.431. The minimum Gasteiger partial charge on any atom is -0.298 e. The zero-order chi connectivity index (χ0) is 23.8. The van der Waals surface area contributed by atoms with E-state index < -0.39 is 10.0 Å². The molecule has 2 aromatic carbocycles. The van der Waals surface area contributed by atoms with Gasteiger partial charge in [-0.05, 0) is 37.1 Å². The van der Waals surface area contributed by atoms with Crippen molar-refractivity contribution >= 4 is 43.3 Å².